The number of rotatable bonds is 5. The van der Waals surface area contributed by atoms with E-state index < -0.39 is 0 Å². The predicted molar refractivity (Wildman–Crippen MR) is 99.1 cm³/mol. The summed E-state index contributed by atoms with van der Waals surface area (Å²) >= 11 is 5.26. The van der Waals surface area contributed by atoms with Gasteiger partial charge < -0.3 is 10.1 Å². The minimum Gasteiger partial charge on any atom is -0.379 e. The summed E-state index contributed by atoms with van der Waals surface area (Å²) in [7, 11) is 0. The van der Waals surface area contributed by atoms with Gasteiger partial charge >= 0.3 is 0 Å². The number of nitrogens with one attached hydrogen (secondary N) is 2. The highest BCUT2D eigenvalue weighted by Gasteiger charge is 2.09. The van der Waals surface area contributed by atoms with Crippen LogP contribution in [0.25, 0.3) is 0 Å². The number of hydrogen-bond acceptors (Lipinski definition) is 4. The fourth-order valence-corrected chi connectivity index (χ4v) is 2.51. The fourth-order valence-electron chi connectivity index (χ4n) is 2.36. The Bertz CT molecular complexity index is 568. The number of morpholine rings is 1. The van der Waals surface area contributed by atoms with Crippen molar-refractivity contribution < 1.29 is 4.74 Å². The SMILES string of the molecule is C/C(=N/NC(=S)NCCN1CCOCC1)c1ccc(C)c(C)c1. The van der Waals surface area contributed by atoms with Crippen LogP contribution in [0.3, 0.4) is 0 Å². The lowest BCUT2D eigenvalue weighted by Crippen LogP contribution is -2.42. The van der Waals surface area contributed by atoms with Gasteiger partial charge in [-0.05, 0) is 55.7 Å². The lowest BCUT2D eigenvalue weighted by molar-refractivity contribution is 0.0389. The number of nitrogens with zero attached hydrogens (tertiary/aromatic N) is 2. The maximum absolute atomic E-state index is 5.33. The molecule has 1 saturated heterocycles. The second-order valence-corrected chi connectivity index (χ2v) is 6.23. The van der Waals surface area contributed by atoms with Gasteiger partial charge in [0.25, 0.3) is 0 Å². The summed E-state index contributed by atoms with van der Waals surface area (Å²) < 4.78 is 5.33. The van der Waals surface area contributed by atoms with Crippen molar-refractivity contribution in [3.8, 4) is 0 Å². The van der Waals surface area contributed by atoms with Gasteiger partial charge in [-0.3, -0.25) is 10.3 Å². The zero-order valence-electron chi connectivity index (χ0n) is 14.2. The Kier molecular flexibility index (Phi) is 6.95. The van der Waals surface area contributed by atoms with Gasteiger partial charge in [0, 0.05) is 26.2 Å². The highest BCUT2D eigenvalue weighted by Crippen LogP contribution is 2.10. The van der Waals surface area contributed by atoms with E-state index in [-0.39, 0.29) is 0 Å². The Hall–Kier alpha value is -1.50. The van der Waals surface area contributed by atoms with Crippen LogP contribution in [-0.4, -0.2) is 55.1 Å². The van der Waals surface area contributed by atoms with Crippen LogP contribution < -0.4 is 10.7 Å². The predicted octanol–water partition coefficient (Wildman–Crippen LogP) is 1.82. The molecule has 0 radical (unpaired) electrons. The standard InChI is InChI=1S/C17H26N4OS/c1-13-4-5-16(12-14(13)2)15(3)19-20-17(23)18-6-7-21-8-10-22-11-9-21/h4-5,12H,6-11H2,1-3H3,(H2,18,20,23)/b19-15-. The second-order valence-electron chi connectivity index (χ2n) is 5.82. The van der Waals surface area contributed by atoms with Crippen LogP contribution in [0.4, 0.5) is 0 Å². The molecule has 0 amide bonds. The summed E-state index contributed by atoms with van der Waals surface area (Å²) in [5.74, 6) is 0. The summed E-state index contributed by atoms with van der Waals surface area (Å²) in [6, 6.07) is 6.34. The van der Waals surface area contributed by atoms with Crippen molar-refractivity contribution in [3.05, 3.63) is 34.9 Å². The lowest BCUT2D eigenvalue weighted by Gasteiger charge is -2.26. The molecule has 0 unspecified atom stereocenters. The van der Waals surface area contributed by atoms with Gasteiger partial charge in [-0.1, -0.05) is 12.1 Å². The van der Waals surface area contributed by atoms with Crippen molar-refractivity contribution >= 4 is 23.0 Å². The summed E-state index contributed by atoms with van der Waals surface area (Å²) in [6.45, 7) is 11.6. The average Bonchev–Trinajstić information content (AvgIpc) is 2.56. The molecule has 0 saturated carbocycles. The van der Waals surface area contributed by atoms with E-state index in [1.807, 2.05) is 6.92 Å². The molecular weight excluding hydrogens is 308 g/mol. The summed E-state index contributed by atoms with van der Waals surface area (Å²) in [6.07, 6.45) is 0. The Labute approximate surface area is 144 Å². The number of hydrazone groups is 1. The topological polar surface area (TPSA) is 48.9 Å². The van der Waals surface area contributed by atoms with Crippen LogP contribution in [0.1, 0.15) is 23.6 Å². The van der Waals surface area contributed by atoms with Crippen LogP contribution in [0.15, 0.2) is 23.3 Å². The van der Waals surface area contributed by atoms with Gasteiger partial charge in [-0.2, -0.15) is 5.10 Å². The number of ether oxygens (including phenoxy) is 1. The molecule has 0 aliphatic carbocycles. The average molecular weight is 334 g/mol. The lowest BCUT2D eigenvalue weighted by atomic mass is 10.0. The summed E-state index contributed by atoms with van der Waals surface area (Å²) in [4.78, 5) is 2.36. The smallest absolute Gasteiger partial charge is 0.187 e. The van der Waals surface area contributed by atoms with Crippen LogP contribution >= 0.6 is 12.2 Å². The second kappa shape index (κ2) is 8.96. The van der Waals surface area contributed by atoms with Crippen molar-refractivity contribution in [2.24, 2.45) is 5.10 Å². The molecule has 0 bridgehead atoms. The van der Waals surface area contributed by atoms with E-state index in [0.717, 1.165) is 50.7 Å². The molecule has 0 spiro atoms. The van der Waals surface area contributed by atoms with Gasteiger partial charge in [0.15, 0.2) is 5.11 Å². The Morgan fingerprint density at radius 1 is 1.26 bits per heavy atom. The van der Waals surface area contributed by atoms with E-state index in [1.54, 1.807) is 0 Å². The monoisotopic (exact) mass is 334 g/mol. The zero-order chi connectivity index (χ0) is 16.7. The third kappa shape index (κ3) is 5.89. The molecule has 1 aliphatic heterocycles. The van der Waals surface area contributed by atoms with Gasteiger partial charge in [-0.25, -0.2) is 0 Å². The van der Waals surface area contributed by atoms with Gasteiger partial charge in [0.2, 0.25) is 0 Å². The maximum Gasteiger partial charge on any atom is 0.187 e. The van der Waals surface area contributed by atoms with Crippen molar-refractivity contribution in [2.75, 3.05) is 39.4 Å². The van der Waals surface area contributed by atoms with Crippen molar-refractivity contribution in [3.63, 3.8) is 0 Å². The molecule has 1 aromatic carbocycles. The molecule has 126 valence electrons. The maximum atomic E-state index is 5.33. The molecule has 0 aromatic heterocycles. The molecule has 1 aromatic rings. The molecule has 1 heterocycles. The minimum absolute atomic E-state index is 0.557. The number of thiocarbonyl (C=S) groups is 1. The first-order valence-electron chi connectivity index (χ1n) is 8.02. The van der Waals surface area contributed by atoms with E-state index in [2.05, 4.69) is 52.8 Å². The highest BCUT2D eigenvalue weighted by atomic mass is 32.1. The largest absolute Gasteiger partial charge is 0.379 e. The van der Waals surface area contributed by atoms with E-state index in [9.17, 15) is 0 Å². The first-order valence-corrected chi connectivity index (χ1v) is 8.43. The third-order valence-corrected chi connectivity index (χ3v) is 4.30. The van der Waals surface area contributed by atoms with Crippen molar-refractivity contribution in [1.29, 1.82) is 0 Å². The summed E-state index contributed by atoms with van der Waals surface area (Å²) in [5.41, 5.74) is 7.50. The number of hydrogen-bond donors (Lipinski definition) is 2. The fraction of sp³-hybridized carbons (Fsp3) is 0.529. The molecule has 0 atom stereocenters. The minimum atomic E-state index is 0.557. The first kappa shape index (κ1) is 17.8. The van der Waals surface area contributed by atoms with Gasteiger partial charge in [0.1, 0.15) is 0 Å². The zero-order valence-corrected chi connectivity index (χ0v) is 15.0. The van der Waals surface area contributed by atoms with Gasteiger partial charge in [-0.15, -0.1) is 0 Å². The van der Waals surface area contributed by atoms with E-state index >= 15 is 0 Å². The van der Waals surface area contributed by atoms with Gasteiger partial charge in [0.05, 0.1) is 18.9 Å². The number of aryl methyl sites for hydroxylation is 2. The van der Waals surface area contributed by atoms with Crippen LogP contribution in [0.5, 0.6) is 0 Å². The Balaban J connectivity index is 1.74. The van der Waals surface area contributed by atoms with Crippen molar-refractivity contribution in [1.82, 2.24) is 15.6 Å². The molecular formula is C17H26N4OS. The summed E-state index contributed by atoms with van der Waals surface area (Å²) in [5, 5.41) is 8.10. The third-order valence-electron chi connectivity index (χ3n) is 4.07. The molecule has 1 aliphatic rings. The highest BCUT2D eigenvalue weighted by molar-refractivity contribution is 7.80. The molecule has 2 N–H and O–H groups in total. The number of benzene rings is 1. The van der Waals surface area contributed by atoms with E-state index in [0.29, 0.717) is 5.11 Å². The molecule has 1 fully saturated rings. The molecule has 2 rings (SSSR count). The Morgan fingerprint density at radius 3 is 2.70 bits per heavy atom. The van der Waals surface area contributed by atoms with E-state index in [1.165, 1.54) is 11.1 Å². The normalized spacial score (nSPS) is 16.2. The van der Waals surface area contributed by atoms with Crippen LogP contribution in [-0.2, 0) is 4.74 Å². The quantitative estimate of drug-likeness (QED) is 0.489. The van der Waals surface area contributed by atoms with Crippen LogP contribution in [0, 0.1) is 13.8 Å². The first-order chi connectivity index (χ1) is 11.1. The Morgan fingerprint density at radius 2 is 2.00 bits per heavy atom. The van der Waals surface area contributed by atoms with Crippen molar-refractivity contribution in [2.45, 2.75) is 20.8 Å². The molecule has 5 nitrogen and oxygen atoms in total. The molecule has 23 heavy (non-hydrogen) atoms. The van der Waals surface area contributed by atoms with Crippen LogP contribution in [0.2, 0.25) is 0 Å². The van der Waals surface area contributed by atoms with E-state index in [4.69, 9.17) is 17.0 Å². The molecule has 6 heteroatoms.